The van der Waals surface area contributed by atoms with Gasteiger partial charge in [0.2, 0.25) is 0 Å². The molecule has 0 spiro atoms. The molecule has 3 aromatic rings. The number of hydrogen-bond acceptors (Lipinski definition) is 5. The van der Waals surface area contributed by atoms with Gasteiger partial charge in [0.15, 0.2) is 11.7 Å². The molecule has 2 amide bonds. The summed E-state index contributed by atoms with van der Waals surface area (Å²) in [7, 11) is 0. The molecule has 2 N–H and O–H groups in total. The molecule has 160 valence electrons. The van der Waals surface area contributed by atoms with E-state index in [9.17, 15) is 9.59 Å². The van der Waals surface area contributed by atoms with Crippen LogP contribution in [0.15, 0.2) is 60.1 Å². The van der Waals surface area contributed by atoms with Crippen LogP contribution in [0.1, 0.15) is 53.9 Å². The van der Waals surface area contributed by atoms with Gasteiger partial charge in [0.25, 0.3) is 11.8 Å². The molecular weight excluding hydrogens is 410 g/mol. The number of amides is 2. The Morgan fingerprint density at radius 3 is 2.39 bits per heavy atom. The highest BCUT2D eigenvalue weighted by molar-refractivity contribution is 7.13. The van der Waals surface area contributed by atoms with Gasteiger partial charge in [-0.2, -0.15) is 0 Å². The third-order valence-electron chi connectivity index (χ3n) is 5.41. The van der Waals surface area contributed by atoms with E-state index < -0.39 is 0 Å². The summed E-state index contributed by atoms with van der Waals surface area (Å²) in [6, 6.07) is 14.8. The van der Waals surface area contributed by atoms with E-state index in [2.05, 4.69) is 27.8 Å². The molecule has 1 aliphatic carbocycles. The van der Waals surface area contributed by atoms with Gasteiger partial charge in [-0.25, -0.2) is 4.98 Å². The first kappa shape index (κ1) is 21.1. The second kappa shape index (κ2) is 10.2. The van der Waals surface area contributed by atoms with Crippen molar-refractivity contribution < 1.29 is 14.3 Å². The molecule has 1 aromatic heterocycles. The summed E-state index contributed by atoms with van der Waals surface area (Å²) in [5.74, 6) is 0.839. The highest BCUT2D eigenvalue weighted by Gasteiger charge is 2.15. The van der Waals surface area contributed by atoms with Gasteiger partial charge in [0.1, 0.15) is 5.75 Å². The van der Waals surface area contributed by atoms with Crippen molar-refractivity contribution in [2.45, 2.75) is 38.0 Å². The fourth-order valence-electron chi connectivity index (χ4n) is 3.78. The Kier molecular flexibility index (Phi) is 6.94. The lowest BCUT2D eigenvalue weighted by Crippen LogP contribution is -2.20. The monoisotopic (exact) mass is 435 g/mol. The maximum absolute atomic E-state index is 12.2. The van der Waals surface area contributed by atoms with E-state index in [1.54, 1.807) is 35.8 Å². The lowest BCUT2D eigenvalue weighted by atomic mass is 9.84. The minimum atomic E-state index is -0.253. The van der Waals surface area contributed by atoms with Gasteiger partial charge < -0.3 is 10.1 Å². The Morgan fingerprint density at radius 2 is 1.71 bits per heavy atom. The van der Waals surface area contributed by atoms with Gasteiger partial charge in [-0.15, -0.1) is 11.3 Å². The number of nitrogens with one attached hydrogen (secondary N) is 2. The molecular formula is C24H25N3O3S. The van der Waals surface area contributed by atoms with Gasteiger partial charge in [0.05, 0.1) is 0 Å². The molecule has 31 heavy (non-hydrogen) atoms. The maximum Gasteiger partial charge on any atom is 0.262 e. The smallest absolute Gasteiger partial charge is 0.262 e. The van der Waals surface area contributed by atoms with Crippen molar-refractivity contribution in [3.05, 3.63) is 71.2 Å². The predicted molar refractivity (Wildman–Crippen MR) is 123 cm³/mol. The Bertz CT molecular complexity index is 996. The summed E-state index contributed by atoms with van der Waals surface area (Å²) in [6.07, 6.45) is 8.10. The zero-order valence-electron chi connectivity index (χ0n) is 17.2. The van der Waals surface area contributed by atoms with Crippen LogP contribution in [0.2, 0.25) is 0 Å². The van der Waals surface area contributed by atoms with Crippen LogP contribution in [0.3, 0.4) is 0 Å². The van der Waals surface area contributed by atoms with E-state index in [-0.39, 0.29) is 18.4 Å². The minimum Gasteiger partial charge on any atom is -0.484 e. The third-order valence-corrected chi connectivity index (χ3v) is 6.10. The van der Waals surface area contributed by atoms with Crippen LogP contribution < -0.4 is 15.4 Å². The SMILES string of the molecule is O=C(COc1ccc(C2CCCCC2)cc1)Nc1ccc(C(=O)Nc2nccs2)cc1. The largest absolute Gasteiger partial charge is 0.484 e. The van der Waals surface area contributed by atoms with Crippen LogP contribution in [0.25, 0.3) is 0 Å². The third kappa shape index (κ3) is 5.92. The van der Waals surface area contributed by atoms with Crippen LogP contribution in [0, 0.1) is 0 Å². The van der Waals surface area contributed by atoms with Crippen molar-refractivity contribution in [2.24, 2.45) is 0 Å². The first-order valence-corrected chi connectivity index (χ1v) is 11.4. The lowest BCUT2D eigenvalue weighted by Gasteiger charge is -2.22. The summed E-state index contributed by atoms with van der Waals surface area (Å²) in [6.45, 7) is -0.0743. The molecule has 0 bridgehead atoms. The standard InChI is InChI=1S/C24H25N3O3S/c28-22(16-30-21-12-8-18(9-13-21)17-4-2-1-3-5-17)26-20-10-6-19(7-11-20)23(29)27-24-25-14-15-31-24/h6-15,17H,1-5,16H2,(H,26,28)(H,25,27,29). The molecule has 1 aliphatic rings. The summed E-state index contributed by atoms with van der Waals surface area (Å²) < 4.78 is 5.62. The molecule has 4 rings (SSSR count). The molecule has 0 unspecified atom stereocenters. The quantitative estimate of drug-likeness (QED) is 0.516. The zero-order valence-corrected chi connectivity index (χ0v) is 18.0. The molecule has 2 aromatic carbocycles. The normalized spacial score (nSPS) is 14.1. The van der Waals surface area contributed by atoms with Crippen LogP contribution in [-0.2, 0) is 4.79 Å². The Hall–Kier alpha value is -3.19. The number of hydrogen-bond donors (Lipinski definition) is 2. The number of carbonyl (C=O) groups excluding carboxylic acids is 2. The zero-order chi connectivity index (χ0) is 21.5. The molecule has 0 atom stereocenters. The number of nitrogens with zero attached hydrogens (tertiary/aromatic N) is 1. The highest BCUT2D eigenvalue weighted by atomic mass is 32.1. The van der Waals surface area contributed by atoms with Crippen LogP contribution in [0.5, 0.6) is 5.75 Å². The van der Waals surface area contributed by atoms with Crippen molar-refractivity contribution in [3.63, 3.8) is 0 Å². The Balaban J connectivity index is 1.24. The first-order chi connectivity index (χ1) is 15.2. The summed E-state index contributed by atoms with van der Waals surface area (Å²) in [5.41, 5.74) is 2.45. The van der Waals surface area contributed by atoms with Crippen molar-refractivity contribution in [1.82, 2.24) is 4.98 Å². The second-order valence-corrected chi connectivity index (χ2v) is 8.50. The van der Waals surface area contributed by atoms with Crippen LogP contribution in [-0.4, -0.2) is 23.4 Å². The Morgan fingerprint density at radius 1 is 0.968 bits per heavy atom. The number of ether oxygens (including phenoxy) is 1. The average molecular weight is 436 g/mol. The summed E-state index contributed by atoms with van der Waals surface area (Å²) in [4.78, 5) is 28.4. The summed E-state index contributed by atoms with van der Waals surface area (Å²) >= 11 is 1.35. The van der Waals surface area contributed by atoms with Crippen LogP contribution >= 0.6 is 11.3 Å². The molecule has 0 radical (unpaired) electrons. The molecule has 7 heteroatoms. The first-order valence-electron chi connectivity index (χ1n) is 10.5. The number of anilines is 2. The number of aromatic nitrogens is 1. The van der Waals surface area contributed by atoms with E-state index in [0.29, 0.717) is 28.0 Å². The average Bonchev–Trinajstić information content (AvgIpc) is 3.32. The molecule has 1 heterocycles. The van der Waals surface area contributed by atoms with Gasteiger partial charge in [-0.05, 0) is 60.7 Å². The van der Waals surface area contributed by atoms with Crippen molar-refractivity contribution >= 4 is 34.0 Å². The van der Waals surface area contributed by atoms with Gasteiger partial charge in [0, 0.05) is 22.8 Å². The van der Waals surface area contributed by atoms with E-state index in [1.165, 1.54) is 49.0 Å². The maximum atomic E-state index is 12.2. The van der Waals surface area contributed by atoms with E-state index in [1.807, 2.05) is 12.1 Å². The van der Waals surface area contributed by atoms with E-state index >= 15 is 0 Å². The minimum absolute atomic E-state index is 0.0743. The molecule has 1 fully saturated rings. The van der Waals surface area contributed by atoms with Crippen molar-refractivity contribution in [1.29, 1.82) is 0 Å². The van der Waals surface area contributed by atoms with Gasteiger partial charge in [-0.3, -0.25) is 14.9 Å². The predicted octanol–water partition coefficient (Wildman–Crippen LogP) is 5.46. The van der Waals surface area contributed by atoms with E-state index in [0.717, 1.165) is 0 Å². The summed E-state index contributed by atoms with van der Waals surface area (Å²) in [5, 5.41) is 7.84. The second-order valence-electron chi connectivity index (χ2n) is 7.61. The molecule has 0 saturated heterocycles. The van der Waals surface area contributed by atoms with Crippen molar-refractivity contribution in [2.75, 3.05) is 17.2 Å². The number of rotatable bonds is 7. The molecule has 6 nitrogen and oxygen atoms in total. The van der Waals surface area contributed by atoms with Gasteiger partial charge >= 0.3 is 0 Å². The topological polar surface area (TPSA) is 80.3 Å². The van der Waals surface area contributed by atoms with Crippen LogP contribution in [0.4, 0.5) is 10.8 Å². The van der Waals surface area contributed by atoms with E-state index in [4.69, 9.17) is 4.74 Å². The molecule has 1 saturated carbocycles. The van der Waals surface area contributed by atoms with Crippen molar-refractivity contribution in [3.8, 4) is 5.75 Å². The Labute approximate surface area is 185 Å². The number of thiazole rings is 1. The number of benzene rings is 2. The molecule has 0 aliphatic heterocycles. The fourth-order valence-corrected chi connectivity index (χ4v) is 4.30. The lowest BCUT2D eigenvalue weighted by molar-refractivity contribution is -0.118. The number of carbonyl (C=O) groups is 2. The highest BCUT2D eigenvalue weighted by Crippen LogP contribution is 2.33. The van der Waals surface area contributed by atoms with Gasteiger partial charge in [-0.1, -0.05) is 31.4 Å². The fraction of sp³-hybridized carbons (Fsp3) is 0.292.